The fraction of sp³-hybridized carbons (Fsp3) is 0.375. The summed E-state index contributed by atoms with van der Waals surface area (Å²) >= 11 is 0. The maximum Gasteiger partial charge on any atom is 0.274 e. The number of sulfonamides is 1. The summed E-state index contributed by atoms with van der Waals surface area (Å²) < 4.78 is 27.8. The zero-order chi connectivity index (χ0) is 17.2. The van der Waals surface area contributed by atoms with Crippen LogP contribution in [0.3, 0.4) is 0 Å². The van der Waals surface area contributed by atoms with Gasteiger partial charge in [-0.05, 0) is 38.0 Å². The third-order valence-corrected chi connectivity index (χ3v) is 5.85. The molecule has 0 spiro atoms. The first kappa shape index (κ1) is 16.5. The maximum atomic E-state index is 12.6. The predicted octanol–water partition coefficient (Wildman–Crippen LogP) is 1.76. The van der Waals surface area contributed by atoms with Crippen LogP contribution in [0, 0.1) is 6.92 Å². The number of hydrogen-bond acceptors (Lipinski definition) is 4. The topological polar surface area (TPSA) is 95.2 Å². The van der Waals surface area contributed by atoms with E-state index in [2.05, 4.69) is 14.9 Å². The van der Waals surface area contributed by atoms with Crippen LogP contribution in [0.15, 0.2) is 36.4 Å². The number of aryl methyl sites for hydroxylation is 1. The monoisotopic (exact) mass is 348 g/mol. The van der Waals surface area contributed by atoms with Crippen LogP contribution in [-0.4, -0.2) is 47.8 Å². The number of amides is 1. The fourth-order valence-corrected chi connectivity index (χ4v) is 4.30. The second-order valence-corrected chi connectivity index (χ2v) is 7.93. The number of carbonyl (C=O) groups is 1. The number of anilines is 1. The maximum absolute atomic E-state index is 12.6. The second kappa shape index (κ2) is 6.64. The molecule has 1 amide bonds. The summed E-state index contributed by atoms with van der Waals surface area (Å²) in [4.78, 5) is 14.0. The van der Waals surface area contributed by atoms with Crippen molar-refractivity contribution in [3.63, 3.8) is 0 Å². The van der Waals surface area contributed by atoms with Gasteiger partial charge in [-0.2, -0.15) is 5.10 Å². The number of likely N-dealkylation sites (tertiary alicyclic amines) is 1. The molecule has 2 aromatic rings. The first-order valence-corrected chi connectivity index (χ1v) is 9.38. The van der Waals surface area contributed by atoms with Gasteiger partial charge >= 0.3 is 0 Å². The third kappa shape index (κ3) is 3.59. The van der Waals surface area contributed by atoms with Gasteiger partial charge in [0.1, 0.15) is 5.69 Å². The van der Waals surface area contributed by atoms with Crippen LogP contribution in [-0.2, 0) is 10.0 Å². The standard InChI is InChI=1S/C16H20N4O3S/c1-12-10-15(18-17-12)16(21)20-9-5-8-14(11-20)24(22,23)19-13-6-3-2-4-7-13/h2-4,6-7,10,14,19H,5,8-9,11H2,1H3,(H,17,18)/t14-/m0/s1. The molecule has 0 bridgehead atoms. The van der Waals surface area contributed by atoms with E-state index in [4.69, 9.17) is 0 Å². The van der Waals surface area contributed by atoms with Crippen LogP contribution < -0.4 is 4.72 Å². The number of nitrogens with zero attached hydrogens (tertiary/aromatic N) is 2. The van der Waals surface area contributed by atoms with Crippen molar-refractivity contribution in [2.24, 2.45) is 0 Å². The van der Waals surface area contributed by atoms with Crippen LogP contribution in [0.2, 0.25) is 0 Å². The molecule has 1 fully saturated rings. The number of benzene rings is 1. The Hall–Kier alpha value is -2.35. The molecule has 7 nitrogen and oxygen atoms in total. The summed E-state index contributed by atoms with van der Waals surface area (Å²) in [5.41, 5.74) is 1.65. The summed E-state index contributed by atoms with van der Waals surface area (Å²) in [6.07, 6.45) is 1.18. The highest BCUT2D eigenvalue weighted by atomic mass is 32.2. The molecule has 1 atom stereocenters. The van der Waals surface area contributed by atoms with E-state index >= 15 is 0 Å². The van der Waals surface area contributed by atoms with Gasteiger partial charge in [0.25, 0.3) is 5.91 Å². The number of H-pyrrole nitrogens is 1. The molecule has 1 saturated heterocycles. The smallest absolute Gasteiger partial charge is 0.274 e. The van der Waals surface area contributed by atoms with Crippen molar-refractivity contribution in [1.29, 1.82) is 0 Å². The largest absolute Gasteiger partial charge is 0.336 e. The Kier molecular flexibility index (Phi) is 4.57. The van der Waals surface area contributed by atoms with Gasteiger partial charge in [-0.3, -0.25) is 14.6 Å². The molecule has 0 aliphatic carbocycles. The van der Waals surface area contributed by atoms with Gasteiger partial charge in [0.2, 0.25) is 10.0 Å². The number of nitrogens with one attached hydrogen (secondary N) is 2. The van der Waals surface area contributed by atoms with E-state index in [9.17, 15) is 13.2 Å². The van der Waals surface area contributed by atoms with Gasteiger partial charge in [0, 0.05) is 24.5 Å². The minimum absolute atomic E-state index is 0.174. The SMILES string of the molecule is Cc1cc(C(=O)N2CCC[C@H](S(=O)(=O)Nc3ccccc3)C2)n[nH]1. The average Bonchev–Trinajstić information content (AvgIpc) is 3.01. The van der Waals surface area contributed by atoms with Crippen LogP contribution >= 0.6 is 0 Å². The highest BCUT2D eigenvalue weighted by molar-refractivity contribution is 7.93. The van der Waals surface area contributed by atoms with E-state index < -0.39 is 15.3 Å². The lowest BCUT2D eigenvalue weighted by atomic mass is 10.1. The van der Waals surface area contributed by atoms with Gasteiger partial charge in [0.15, 0.2) is 0 Å². The van der Waals surface area contributed by atoms with Gasteiger partial charge < -0.3 is 4.90 Å². The second-order valence-electron chi connectivity index (χ2n) is 5.96. The number of aromatic amines is 1. The Morgan fingerprint density at radius 2 is 2.08 bits per heavy atom. The van der Waals surface area contributed by atoms with E-state index in [0.717, 1.165) is 5.69 Å². The summed E-state index contributed by atoms with van der Waals surface area (Å²) in [5.74, 6) is -0.237. The Morgan fingerprint density at radius 3 is 2.75 bits per heavy atom. The Balaban J connectivity index is 1.72. The molecule has 0 unspecified atom stereocenters. The van der Waals surface area contributed by atoms with Crippen LogP contribution in [0.4, 0.5) is 5.69 Å². The molecule has 0 radical (unpaired) electrons. The molecule has 2 heterocycles. The Bertz CT molecular complexity index is 817. The fourth-order valence-electron chi connectivity index (χ4n) is 2.82. The Morgan fingerprint density at radius 1 is 1.33 bits per heavy atom. The third-order valence-electron chi connectivity index (χ3n) is 4.06. The van der Waals surface area contributed by atoms with Gasteiger partial charge in [-0.25, -0.2) is 8.42 Å². The van der Waals surface area contributed by atoms with E-state index in [1.165, 1.54) is 0 Å². The molecule has 8 heteroatoms. The molecule has 0 saturated carbocycles. The molecule has 1 aliphatic rings. The van der Waals surface area contributed by atoms with Crippen molar-refractivity contribution < 1.29 is 13.2 Å². The normalized spacial score (nSPS) is 18.4. The number of aromatic nitrogens is 2. The van der Waals surface area contributed by atoms with E-state index in [0.29, 0.717) is 30.8 Å². The molecule has 24 heavy (non-hydrogen) atoms. The van der Waals surface area contributed by atoms with Gasteiger partial charge in [-0.1, -0.05) is 18.2 Å². The quantitative estimate of drug-likeness (QED) is 0.880. The molecule has 128 valence electrons. The van der Waals surface area contributed by atoms with Crippen LogP contribution in [0.25, 0.3) is 0 Å². The minimum atomic E-state index is -3.55. The van der Waals surface area contributed by atoms with Crippen molar-refractivity contribution in [2.75, 3.05) is 17.8 Å². The van der Waals surface area contributed by atoms with Crippen molar-refractivity contribution in [3.8, 4) is 0 Å². The van der Waals surface area contributed by atoms with Gasteiger partial charge in [0.05, 0.1) is 5.25 Å². The summed E-state index contributed by atoms with van der Waals surface area (Å²) in [6.45, 7) is 2.53. The number of para-hydroxylation sites is 1. The zero-order valence-electron chi connectivity index (χ0n) is 13.4. The molecule has 2 N–H and O–H groups in total. The highest BCUT2D eigenvalue weighted by Gasteiger charge is 2.33. The first-order valence-electron chi connectivity index (χ1n) is 7.84. The number of hydrogen-bond donors (Lipinski definition) is 2. The predicted molar refractivity (Wildman–Crippen MR) is 91.2 cm³/mol. The van der Waals surface area contributed by atoms with Crippen molar-refractivity contribution in [2.45, 2.75) is 25.0 Å². The molecular weight excluding hydrogens is 328 g/mol. The molecule has 1 aliphatic heterocycles. The van der Waals surface area contributed by atoms with Crippen LogP contribution in [0.1, 0.15) is 29.0 Å². The zero-order valence-corrected chi connectivity index (χ0v) is 14.2. The molecular formula is C16H20N4O3S. The summed E-state index contributed by atoms with van der Waals surface area (Å²) in [5, 5.41) is 6.07. The lowest BCUT2D eigenvalue weighted by molar-refractivity contribution is 0.0721. The van der Waals surface area contributed by atoms with Crippen molar-refractivity contribution in [1.82, 2.24) is 15.1 Å². The Labute approximate surface area is 141 Å². The lowest BCUT2D eigenvalue weighted by Gasteiger charge is -2.32. The van der Waals surface area contributed by atoms with Crippen molar-refractivity contribution in [3.05, 3.63) is 47.8 Å². The minimum Gasteiger partial charge on any atom is -0.336 e. The van der Waals surface area contributed by atoms with E-state index in [1.807, 2.05) is 13.0 Å². The van der Waals surface area contributed by atoms with Crippen molar-refractivity contribution >= 4 is 21.6 Å². The first-order chi connectivity index (χ1) is 11.5. The number of piperidine rings is 1. The summed E-state index contributed by atoms with van der Waals surface area (Å²) in [7, 11) is -3.55. The number of rotatable bonds is 4. The van der Waals surface area contributed by atoms with E-state index in [1.54, 1.807) is 35.2 Å². The summed E-state index contributed by atoms with van der Waals surface area (Å²) in [6, 6.07) is 10.4. The molecule has 3 rings (SSSR count). The average molecular weight is 348 g/mol. The lowest BCUT2D eigenvalue weighted by Crippen LogP contribution is -2.46. The van der Waals surface area contributed by atoms with Gasteiger partial charge in [-0.15, -0.1) is 0 Å². The molecule has 1 aromatic heterocycles. The van der Waals surface area contributed by atoms with E-state index in [-0.39, 0.29) is 12.5 Å². The molecule has 1 aromatic carbocycles. The highest BCUT2D eigenvalue weighted by Crippen LogP contribution is 2.21. The van der Waals surface area contributed by atoms with Crippen LogP contribution in [0.5, 0.6) is 0 Å². The number of carbonyl (C=O) groups excluding carboxylic acids is 1.